The molecule has 1 aliphatic rings. The molecule has 1 aliphatic heterocycles. The fraction of sp³-hybridized carbons (Fsp3) is 0.538. The van der Waals surface area contributed by atoms with Crippen LogP contribution in [0.25, 0.3) is 0 Å². The molecule has 1 saturated heterocycles. The third kappa shape index (κ3) is 3.39. The Bertz CT molecular complexity index is 436. The van der Waals surface area contributed by atoms with E-state index < -0.39 is 12.4 Å². The third-order valence-electron chi connectivity index (χ3n) is 3.40. The van der Waals surface area contributed by atoms with Crippen LogP contribution in [-0.2, 0) is 4.74 Å². The molecule has 6 heteroatoms. The molecule has 3 nitrogen and oxygen atoms in total. The third-order valence-corrected chi connectivity index (χ3v) is 3.40. The van der Waals surface area contributed by atoms with Crippen LogP contribution in [0.4, 0.5) is 13.2 Å². The fourth-order valence-corrected chi connectivity index (χ4v) is 2.42. The van der Waals surface area contributed by atoms with Crippen LogP contribution in [0.3, 0.4) is 0 Å². The summed E-state index contributed by atoms with van der Waals surface area (Å²) in [5.74, 6) is -0.236. The molecule has 1 aromatic carbocycles. The standard InChI is InChI=1S/C13H16F3NO2/c1-8-9(6-7-18-8)12(17)10-4-2-3-5-11(10)19-13(14,15)16/h2-5,8-9,12H,6-7,17H2,1H3. The fourth-order valence-electron chi connectivity index (χ4n) is 2.42. The second-order valence-corrected chi connectivity index (χ2v) is 4.64. The molecule has 0 bridgehead atoms. The number of rotatable bonds is 3. The summed E-state index contributed by atoms with van der Waals surface area (Å²) >= 11 is 0. The number of hydrogen-bond donors (Lipinski definition) is 1. The summed E-state index contributed by atoms with van der Waals surface area (Å²) in [4.78, 5) is 0. The summed E-state index contributed by atoms with van der Waals surface area (Å²) in [5, 5.41) is 0. The first kappa shape index (κ1) is 14.1. The Kier molecular flexibility index (Phi) is 4.01. The van der Waals surface area contributed by atoms with E-state index in [0.29, 0.717) is 12.2 Å². The van der Waals surface area contributed by atoms with E-state index in [1.54, 1.807) is 12.1 Å². The van der Waals surface area contributed by atoms with Gasteiger partial charge >= 0.3 is 6.36 Å². The van der Waals surface area contributed by atoms with Crippen molar-refractivity contribution in [3.63, 3.8) is 0 Å². The Balaban J connectivity index is 2.23. The lowest BCUT2D eigenvalue weighted by atomic mass is 9.88. The SMILES string of the molecule is CC1OCCC1C(N)c1ccccc1OC(F)(F)F. The first-order valence-corrected chi connectivity index (χ1v) is 6.10. The largest absolute Gasteiger partial charge is 0.573 e. The van der Waals surface area contributed by atoms with Crippen molar-refractivity contribution >= 4 is 0 Å². The van der Waals surface area contributed by atoms with Gasteiger partial charge in [0.25, 0.3) is 0 Å². The van der Waals surface area contributed by atoms with Gasteiger partial charge < -0.3 is 15.2 Å². The van der Waals surface area contributed by atoms with E-state index in [0.717, 1.165) is 6.42 Å². The van der Waals surface area contributed by atoms with Gasteiger partial charge in [0.2, 0.25) is 0 Å². The molecule has 2 N–H and O–H groups in total. The molecule has 3 atom stereocenters. The average Bonchev–Trinajstić information content (AvgIpc) is 2.73. The highest BCUT2D eigenvalue weighted by atomic mass is 19.4. The summed E-state index contributed by atoms with van der Waals surface area (Å²) in [6, 6.07) is 5.46. The normalized spacial score (nSPS) is 25.3. The summed E-state index contributed by atoms with van der Waals surface area (Å²) in [5.41, 5.74) is 6.45. The van der Waals surface area contributed by atoms with Crippen molar-refractivity contribution in [2.24, 2.45) is 11.7 Å². The van der Waals surface area contributed by atoms with Crippen molar-refractivity contribution in [3.05, 3.63) is 29.8 Å². The minimum atomic E-state index is -4.71. The highest BCUT2D eigenvalue weighted by Gasteiger charge is 2.35. The molecule has 0 radical (unpaired) electrons. The Labute approximate surface area is 109 Å². The van der Waals surface area contributed by atoms with Crippen LogP contribution in [0, 0.1) is 5.92 Å². The first-order valence-electron chi connectivity index (χ1n) is 6.10. The van der Waals surface area contributed by atoms with Crippen molar-refractivity contribution in [2.75, 3.05) is 6.61 Å². The Morgan fingerprint density at radius 1 is 1.37 bits per heavy atom. The van der Waals surface area contributed by atoms with E-state index in [2.05, 4.69) is 4.74 Å². The molecule has 0 spiro atoms. The molecule has 106 valence electrons. The van der Waals surface area contributed by atoms with Gasteiger partial charge in [0.15, 0.2) is 0 Å². The predicted octanol–water partition coefficient (Wildman–Crippen LogP) is 3.01. The quantitative estimate of drug-likeness (QED) is 0.922. The average molecular weight is 275 g/mol. The van der Waals surface area contributed by atoms with Crippen LogP contribution < -0.4 is 10.5 Å². The predicted molar refractivity (Wildman–Crippen MR) is 63.6 cm³/mol. The van der Waals surface area contributed by atoms with Crippen molar-refractivity contribution in [2.45, 2.75) is 31.9 Å². The Morgan fingerprint density at radius 3 is 2.63 bits per heavy atom. The lowest BCUT2D eigenvalue weighted by Gasteiger charge is -2.24. The number of alkyl halides is 3. The van der Waals surface area contributed by atoms with Gasteiger partial charge in [-0.3, -0.25) is 0 Å². The molecule has 0 amide bonds. The highest BCUT2D eigenvalue weighted by molar-refractivity contribution is 5.36. The molecular weight excluding hydrogens is 259 g/mol. The van der Waals surface area contributed by atoms with Gasteiger partial charge in [-0.05, 0) is 19.4 Å². The summed E-state index contributed by atoms with van der Waals surface area (Å²) in [6.07, 6.45) is -4.04. The number of halogens is 3. The summed E-state index contributed by atoms with van der Waals surface area (Å²) in [7, 11) is 0. The minimum absolute atomic E-state index is 0.00187. The zero-order valence-electron chi connectivity index (χ0n) is 10.5. The molecule has 0 saturated carbocycles. The number of benzene rings is 1. The van der Waals surface area contributed by atoms with E-state index in [9.17, 15) is 13.2 Å². The first-order chi connectivity index (χ1) is 8.88. The van der Waals surface area contributed by atoms with E-state index in [4.69, 9.17) is 10.5 Å². The molecule has 0 aliphatic carbocycles. The van der Waals surface area contributed by atoms with Gasteiger partial charge in [-0.2, -0.15) is 0 Å². The summed E-state index contributed by atoms with van der Waals surface area (Å²) < 4.78 is 46.5. The zero-order chi connectivity index (χ0) is 14.0. The maximum atomic E-state index is 12.4. The van der Waals surface area contributed by atoms with Gasteiger partial charge in [-0.25, -0.2) is 0 Å². The minimum Gasteiger partial charge on any atom is -0.405 e. The molecule has 19 heavy (non-hydrogen) atoms. The van der Waals surface area contributed by atoms with Crippen molar-refractivity contribution in [3.8, 4) is 5.75 Å². The van der Waals surface area contributed by atoms with Gasteiger partial charge in [0.05, 0.1) is 6.10 Å². The van der Waals surface area contributed by atoms with E-state index >= 15 is 0 Å². The van der Waals surface area contributed by atoms with Crippen LogP contribution in [0.15, 0.2) is 24.3 Å². The monoisotopic (exact) mass is 275 g/mol. The smallest absolute Gasteiger partial charge is 0.405 e. The van der Waals surface area contributed by atoms with Crippen LogP contribution in [0.2, 0.25) is 0 Å². The number of nitrogens with two attached hydrogens (primary N) is 1. The second kappa shape index (κ2) is 5.38. The molecule has 1 fully saturated rings. The maximum absolute atomic E-state index is 12.4. The van der Waals surface area contributed by atoms with Gasteiger partial charge in [-0.15, -0.1) is 13.2 Å². The number of ether oxygens (including phenoxy) is 2. The molecule has 1 heterocycles. The molecule has 0 aromatic heterocycles. The van der Waals surface area contributed by atoms with E-state index in [-0.39, 0.29) is 17.8 Å². The Morgan fingerprint density at radius 2 is 2.05 bits per heavy atom. The lowest BCUT2D eigenvalue weighted by Crippen LogP contribution is -2.28. The van der Waals surface area contributed by atoms with Gasteiger partial charge in [0.1, 0.15) is 5.75 Å². The molecule has 1 aromatic rings. The van der Waals surface area contributed by atoms with Crippen molar-refractivity contribution < 1.29 is 22.6 Å². The maximum Gasteiger partial charge on any atom is 0.573 e. The molecular formula is C13H16F3NO2. The molecule has 2 rings (SSSR count). The summed E-state index contributed by atoms with van der Waals surface area (Å²) in [6.45, 7) is 2.46. The van der Waals surface area contributed by atoms with Crippen LogP contribution in [0.5, 0.6) is 5.75 Å². The lowest BCUT2D eigenvalue weighted by molar-refractivity contribution is -0.275. The highest BCUT2D eigenvalue weighted by Crippen LogP contribution is 2.37. The van der Waals surface area contributed by atoms with Crippen LogP contribution in [-0.4, -0.2) is 19.1 Å². The van der Waals surface area contributed by atoms with Gasteiger partial charge in [-0.1, -0.05) is 18.2 Å². The van der Waals surface area contributed by atoms with Crippen molar-refractivity contribution in [1.29, 1.82) is 0 Å². The second-order valence-electron chi connectivity index (χ2n) is 4.64. The number of para-hydroxylation sites is 1. The Hall–Kier alpha value is -1.27. The van der Waals surface area contributed by atoms with E-state index in [1.165, 1.54) is 12.1 Å². The van der Waals surface area contributed by atoms with E-state index in [1.807, 2.05) is 6.92 Å². The topological polar surface area (TPSA) is 44.5 Å². The van der Waals surface area contributed by atoms with Gasteiger partial charge in [0, 0.05) is 24.1 Å². The molecule has 3 unspecified atom stereocenters. The van der Waals surface area contributed by atoms with Crippen LogP contribution in [0.1, 0.15) is 24.9 Å². The van der Waals surface area contributed by atoms with Crippen molar-refractivity contribution in [1.82, 2.24) is 0 Å². The van der Waals surface area contributed by atoms with Crippen LogP contribution >= 0.6 is 0 Å². The number of hydrogen-bond acceptors (Lipinski definition) is 3. The zero-order valence-corrected chi connectivity index (χ0v) is 10.5.